The Kier molecular flexibility index (Phi) is 6.99. The van der Waals surface area contributed by atoms with Gasteiger partial charge in [-0.2, -0.15) is 5.26 Å². The molecule has 1 aromatic heterocycles. The van der Waals surface area contributed by atoms with Crippen LogP contribution in [0.25, 0.3) is 0 Å². The van der Waals surface area contributed by atoms with E-state index in [-0.39, 0.29) is 18.1 Å². The number of hydrogen-bond donors (Lipinski definition) is 2. The van der Waals surface area contributed by atoms with Gasteiger partial charge in [-0.25, -0.2) is 9.97 Å². The number of aromatic nitrogens is 2. The third kappa shape index (κ3) is 5.51. The van der Waals surface area contributed by atoms with Crippen LogP contribution >= 0.6 is 15.9 Å². The first-order chi connectivity index (χ1) is 15.1. The van der Waals surface area contributed by atoms with E-state index < -0.39 is 0 Å². The Morgan fingerprint density at radius 2 is 1.97 bits per heavy atom. The number of anilines is 1. The zero-order valence-corrected chi connectivity index (χ0v) is 18.8. The van der Waals surface area contributed by atoms with Crippen LogP contribution in [-0.2, 0) is 0 Å². The van der Waals surface area contributed by atoms with Gasteiger partial charge in [0.05, 0.1) is 24.1 Å². The highest BCUT2D eigenvalue weighted by molar-refractivity contribution is 9.10. The first-order valence-corrected chi connectivity index (χ1v) is 11.4. The molecule has 1 saturated heterocycles. The third-order valence-corrected chi connectivity index (χ3v) is 6.34. The predicted molar refractivity (Wildman–Crippen MR) is 120 cm³/mol. The second-order valence-electron chi connectivity index (χ2n) is 7.82. The summed E-state index contributed by atoms with van der Waals surface area (Å²) in [4.78, 5) is 23.5. The van der Waals surface area contributed by atoms with Crippen LogP contribution in [0.3, 0.4) is 0 Å². The van der Waals surface area contributed by atoms with E-state index in [0.717, 1.165) is 67.9 Å². The number of piperazine rings is 1. The van der Waals surface area contributed by atoms with Gasteiger partial charge in [0.1, 0.15) is 23.3 Å². The van der Waals surface area contributed by atoms with Crippen LogP contribution in [0.5, 0.6) is 5.75 Å². The van der Waals surface area contributed by atoms with Crippen LogP contribution in [-0.4, -0.2) is 54.2 Å². The lowest BCUT2D eigenvalue weighted by Gasteiger charge is -2.29. The Morgan fingerprint density at radius 3 is 2.61 bits per heavy atom. The maximum Gasteiger partial charge on any atom is 0.271 e. The van der Waals surface area contributed by atoms with E-state index in [9.17, 15) is 4.79 Å². The third-order valence-electron chi connectivity index (χ3n) is 5.69. The minimum Gasteiger partial charge on any atom is -0.490 e. The zero-order chi connectivity index (χ0) is 21.6. The van der Waals surface area contributed by atoms with Crippen molar-refractivity contribution in [3.8, 4) is 11.8 Å². The average molecular weight is 485 g/mol. The summed E-state index contributed by atoms with van der Waals surface area (Å²) in [6.45, 7) is 3.65. The molecule has 1 aliphatic carbocycles. The van der Waals surface area contributed by atoms with Crippen molar-refractivity contribution in [3.05, 3.63) is 46.3 Å². The molecule has 0 radical (unpaired) electrons. The Hall–Kier alpha value is -2.70. The monoisotopic (exact) mass is 484 g/mol. The van der Waals surface area contributed by atoms with Crippen molar-refractivity contribution in [2.24, 2.45) is 0 Å². The molecule has 1 aromatic carbocycles. The van der Waals surface area contributed by atoms with E-state index in [2.05, 4.69) is 47.5 Å². The maximum atomic E-state index is 12.6. The number of nitriles is 1. The van der Waals surface area contributed by atoms with Crippen molar-refractivity contribution in [3.63, 3.8) is 0 Å². The summed E-state index contributed by atoms with van der Waals surface area (Å²) in [6, 6.07) is 7.63. The SMILES string of the molecule is N#Cc1ccc(OC2CCC(NC(=O)c3cnc(N4CCNCC4)cn3)CC2)cc1Br. The van der Waals surface area contributed by atoms with Crippen molar-refractivity contribution in [1.82, 2.24) is 20.6 Å². The lowest BCUT2D eigenvalue weighted by molar-refractivity contribution is 0.0888. The van der Waals surface area contributed by atoms with E-state index in [4.69, 9.17) is 10.00 Å². The molecular formula is C22H25BrN6O2. The minimum atomic E-state index is -0.181. The van der Waals surface area contributed by atoms with E-state index in [1.165, 1.54) is 0 Å². The molecule has 1 saturated carbocycles. The van der Waals surface area contributed by atoms with Crippen LogP contribution in [0.4, 0.5) is 5.82 Å². The van der Waals surface area contributed by atoms with Crippen LogP contribution in [0, 0.1) is 11.3 Å². The number of nitrogens with zero attached hydrogens (tertiary/aromatic N) is 4. The molecule has 0 spiro atoms. The molecule has 9 heteroatoms. The van der Waals surface area contributed by atoms with Gasteiger partial charge >= 0.3 is 0 Å². The molecule has 2 fully saturated rings. The van der Waals surface area contributed by atoms with Gasteiger partial charge in [0.2, 0.25) is 0 Å². The molecule has 31 heavy (non-hydrogen) atoms. The van der Waals surface area contributed by atoms with Crippen LogP contribution in [0.1, 0.15) is 41.7 Å². The van der Waals surface area contributed by atoms with Gasteiger partial charge in [0.15, 0.2) is 0 Å². The highest BCUT2D eigenvalue weighted by Gasteiger charge is 2.25. The second-order valence-corrected chi connectivity index (χ2v) is 8.67. The Balaban J connectivity index is 1.25. The molecule has 2 heterocycles. The summed E-state index contributed by atoms with van der Waals surface area (Å²) in [7, 11) is 0. The fraction of sp³-hybridized carbons (Fsp3) is 0.455. The van der Waals surface area contributed by atoms with Gasteiger partial charge < -0.3 is 20.3 Å². The summed E-state index contributed by atoms with van der Waals surface area (Å²) in [5.74, 6) is 1.38. The number of amides is 1. The number of nitrogens with one attached hydrogen (secondary N) is 2. The summed E-state index contributed by atoms with van der Waals surface area (Å²) < 4.78 is 6.79. The number of halogens is 1. The van der Waals surface area contributed by atoms with E-state index in [1.54, 1.807) is 18.5 Å². The van der Waals surface area contributed by atoms with Crippen molar-refractivity contribution in [1.29, 1.82) is 5.26 Å². The molecule has 0 atom stereocenters. The molecule has 2 aliphatic rings. The van der Waals surface area contributed by atoms with Crippen LogP contribution in [0.15, 0.2) is 35.1 Å². The molecule has 162 valence electrons. The molecule has 0 unspecified atom stereocenters. The first-order valence-electron chi connectivity index (χ1n) is 10.6. The number of carbonyl (C=O) groups excluding carboxylic acids is 1. The Labute approximate surface area is 190 Å². The molecule has 4 rings (SSSR count). The smallest absolute Gasteiger partial charge is 0.271 e. The van der Waals surface area contributed by atoms with Crippen molar-refractivity contribution >= 4 is 27.7 Å². The number of benzene rings is 1. The number of ether oxygens (including phenoxy) is 1. The van der Waals surface area contributed by atoms with Crippen molar-refractivity contribution in [2.45, 2.75) is 37.8 Å². The lowest BCUT2D eigenvalue weighted by atomic mass is 9.93. The van der Waals surface area contributed by atoms with Gasteiger partial charge in [-0.3, -0.25) is 4.79 Å². The Bertz CT molecular complexity index is 947. The van der Waals surface area contributed by atoms with Gasteiger partial charge in [0, 0.05) is 36.7 Å². The molecule has 2 aromatic rings. The topological polar surface area (TPSA) is 103 Å². The molecule has 1 aliphatic heterocycles. The summed E-state index contributed by atoms with van der Waals surface area (Å²) in [5, 5.41) is 15.4. The summed E-state index contributed by atoms with van der Waals surface area (Å²) >= 11 is 3.39. The van der Waals surface area contributed by atoms with Gasteiger partial charge in [-0.1, -0.05) is 0 Å². The largest absolute Gasteiger partial charge is 0.490 e. The molecule has 8 nitrogen and oxygen atoms in total. The maximum absolute atomic E-state index is 12.6. The van der Waals surface area contributed by atoms with Crippen molar-refractivity contribution < 1.29 is 9.53 Å². The molecule has 0 bridgehead atoms. The van der Waals surface area contributed by atoms with E-state index in [0.29, 0.717) is 11.3 Å². The second kappa shape index (κ2) is 10.1. The first kappa shape index (κ1) is 21.5. The lowest BCUT2D eigenvalue weighted by Crippen LogP contribution is -2.44. The fourth-order valence-corrected chi connectivity index (χ4v) is 4.38. The number of rotatable bonds is 5. The highest BCUT2D eigenvalue weighted by atomic mass is 79.9. The summed E-state index contributed by atoms with van der Waals surface area (Å²) in [5.41, 5.74) is 0.933. The van der Waals surface area contributed by atoms with Crippen LogP contribution in [0.2, 0.25) is 0 Å². The average Bonchev–Trinajstić information content (AvgIpc) is 2.81. The number of hydrogen-bond acceptors (Lipinski definition) is 7. The molecule has 2 N–H and O–H groups in total. The molecule has 1 amide bonds. The fourth-order valence-electron chi connectivity index (χ4n) is 3.93. The van der Waals surface area contributed by atoms with Gasteiger partial charge in [-0.05, 0) is 59.8 Å². The van der Waals surface area contributed by atoms with E-state index in [1.807, 2.05) is 12.1 Å². The summed E-state index contributed by atoms with van der Waals surface area (Å²) in [6.07, 6.45) is 6.75. The predicted octanol–water partition coefficient (Wildman–Crippen LogP) is 2.64. The minimum absolute atomic E-state index is 0.103. The molecular weight excluding hydrogens is 460 g/mol. The van der Waals surface area contributed by atoms with Crippen molar-refractivity contribution in [2.75, 3.05) is 31.1 Å². The van der Waals surface area contributed by atoms with E-state index >= 15 is 0 Å². The zero-order valence-electron chi connectivity index (χ0n) is 17.2. The normalized spacial score (nSPS) is 21.2. The Morgan fingerprint density at radius 1 is 1.19 bits per heavy atom. The van der Waals surface area contributed by atoms with Gasteiger partial charge in [0.25, 0.3) is 5.91 Å². The van der Waals surface area contributed by atoms with Gasteiger partial charge in [-0.15, -0.1) is 0 Å². The van der Waals surface area contributed by atoms with Crippen LogP contribution < -0.4 is 20.3 Å². The standard InChI is InChI=1S/C22H25BrN6O2/c23-19-11-18(4-1-15(19)12-24)31-17-5-2-16(3-6-17)28-22(30)20-13-27-21(14-26-20)29-9-7-25-8-10-29/h1,4,11,13-14,16-17,25H,2-3,5-10H2,(H,28,30). The number of carbonyl (C=O) groups is 1. The quantitative estimate of drug-likeness (QED) is 0.671. The highest BCUT2D eigenvalue weighted by Crippen LogP contribution is 2.27.